The number of benzene rings is 1. The highest BCUT2D eigenvalue weighted by atomic mass is 16.5. The molecule has 0 aliphatic heterocycles. The van der Waals surface area contributed by atoms with Crippen molar-refractivity contribution in [1.29, 1.82) is 0 Å². The van der Waals surface area contributed by atoms with Gasteiger partial charge >= 0.3 is 0 Å². The molecule has 6 nitrogen and oxygen atoms in total. The van der Waals surface area contributed by atoms with E-state index in [1.807, 2.05) is 35.1 Å². The average molecular weight is 405 g/mol. The van der Waals surface area contributed by atoms with Crippen molar-refractivity contribution in [2.75, 3.05) is 0 Å². The second kappa shape index (κ2) is 8.56. The summed E-state index contributed by atoms with van der Waals surface area (Å²) in [6.07, 6.45) is 11.4. The van der Waals surface area contributed by atoms with E-state index in [2.05, 4.69) is 27.5 Å². The lowest BCUT2D eigenvalue weighted by molar-refractivity contribution is 0.0272. The number of aromatic nitrogens is 3. The number of carbonyl (C=O) groups excluding carboxylic acids is 1. The predicted molar refractivity (Wildman–Crippen MR) is 115 cm³/mol. The Kier molecular flexibility index (Phi) is 5.49. The molecule has 3 aromatic rings. The zero-order valence-corrected chi connectivity index (χ0v) is 17.2. The molecule has 2 heterocycles. The van der Waals surface area contributed by atoms with E-state index in [1.165, 1.54) is 12.8 Å². The van der Waals surface area contributed by atoms with Gasteiger partial charge in [-0.15, -0.1) is 0 Å². The lowest BCUT2D eigenvalue weighted by Crippen LogP contribution is -2.41. The third kappa shape index (κ3) is 3.97. The van der Waals surface area contributed by atoms with Gasteiger partial charge < -0.3 is 10.1 Å². The second-order valence-electron chi connectivity index (χ2n) is 8.51. The van der Waals surface area contributed by atoms with Gasteiger partial charge in [0, 0.05) is 11.6 Å². The summed E-state index contributed by atoms with van der Waals surface area (Å²) in [5, 5.41) is 8.65. The summed E-state index contributed by atoms with van der Waals surface area (Å²) < 4.78 is 8.16. The molecule has 5 rings (SSSR count). The summed E-state index contributed by atoms with van der Waals surface area (Å²) in [7, 11) is 0. The molecule has 2 aliphatic carbocycles. The SMILES string of the molecule is O=C(N[C@@H]1CCC[C@H]1OCc1ccccc1)c1cnc2c(cnn2C2CCCC2)c1. The van der Waals surface area contributed by atoms with Crippen LogP contribution in [0.15, 0.2) is 48.8 Å². The number of rotatable bonds is 6. The summed E-state index contributed by atoms with van der Waals surface area (Å²) in [5.74, 6) is -0.0850. The van der Waals surface area contributed by atoms with E-state index in [9.17, 15) is 4.79 Å². The Morgan fingerprint density at radius 3 is 2.73 bits per heavy atom. The van der Waals surface area contributed by atoms with Crippen molar-refractivity contribution < 1.29 is 9.53 Å². The molecule has 0 saturated heterocycles. The van der Waals surface area contributed by atoms with Crippen LogP contribution in [-0.4, -0.2) is 32.8 Å². The molecular formula is C24H28N4O2. The van der Waals surface area contributed by atoms with Crippen molar-refractivity contribution in [3.63, 3.8) is 0 Å². The molecule has 0 unspecified atom stereocenters. The Balaban J connectivity index is 1.24. The molecule has 2 saturated carbocycles. The minimum atomic E-state index is -0.0850. The number of nitrogens with one attached hydrogen (secondary N) is 1. The van der Waals surface area contributed by atoms with Crippen LogP contribution in [0.25, 0.3) is 11.0 Å². The maximum Gasteiger partial charge on any atom is 0.253 e. The first-order chi connectivity index (χ1) is 14.8. The molecule has 2 aromatic heterocycles. The lowest BCUT2D eigenvalue weighted by Gasteiger charge is -2.21. The number of nitrogens with zero attached hydrogens (tertiary/aromatic N) is 3. The van der Waals surface area contributed by atoms with Crippen LogP contribution in [0.4, 0.5) is 0 Å². The van der Waals surface area contributed by atoms with Crippen LogP contribution in [0.2, 0.25) is 0 Å². The van der Waals surface area contributed by atoms with Gasteiger partial charge in [0.15, 0.2) is 5.65 Å². The Labute approximate surface area is 176 Å². The molecular weight excluding hydrogens is 376 g/mol. The predicted octanol–water partition coefficient (Wildman–Crippen LogP) is 4.41. The van der Waals surface area contributed by atoms with E-state index < -0.39 is 0 Å². The van der Waals surface area contributed by atoms with Crippen LogP contribution >= 0.6 is 0 Å². The molecule has 1 N–H and O–H groups in total. The maximum absolute atomic E-state index is 12.9. The van der Waals surface area contributed by atoms with E-state index in [-0.39, 0.29) is 18.1 Å². The third-order valence-corrected chi connectivity index (χ3v) is 6.44. The Hall–Kier alpha value is -2.73. The number of carbonyl (C=O) groups is 1. The summed E-state index contributed by atoms with van der Waals surface area (Å²) in [6.45, 7) is 0.575. The normalized spacial score (nSPS) is 22.0. The van der Waals surface area contributed by atoms with E-state index >= 15 is 0 Å². The van der Waals surface area contributed by atoms with E-state index in [0.29, 0.717) is 18.2 Å². The number of hydrogen-bond donors (Lipinski definition) is 1. The Morgan fingerprint density at radius 1 is 1.07 bits per heavy atom. The first kappa shape index (κ1) is 19.2. The zero-order chi connectivity index (χ0) is 20.3. The number of hydrogen-bond acceptors (Lipinski definition) is 4. The van der Waals surface area contributed by atoms with Crippen molar-refractivity contribution in [3.05, 3.63) is 59.9 Å². The maximum atomic E-state index is 12.9. The molecule has 6 heteroatoms. The van der Waals surface area contributed by atoms with Gasteiger partial charge in [0.25, 0.3) is 5.91 Å². The second-order valence-corrected chi connectivity index (χ2v) is 8.51. The minimum absolute atomic E-state index is 0.0399. The van der Waals surface area contributed by atoms with Gasteiger partial charge in [-0.3, -0.25) is 4.79 Å². The summed E-state index contributed by atoms with van der Waals surface area (Å²) in [5.41, 5.74) is 2.62. The quantitative estimate of drug-likeness (QED) is 0.661. The van der Waals surface area contributed by atoms with Gasteiger partial charge in [-0.1, -0.05) is 43.2 Å². The van der Waals surface area contributed by atoms with Crippen molar-refractivity contribution in [2.24, 2.45) is 0 Å². The fourth-order valence-electron chi connectivity index (χ4n) is 4.80. The van der Waals surface area contributed by atoms with Gasteiger partial charge in [-0.05, 0) is 43.7 Å². The fourth-order valence-corrected chi connectivity index (χ4v) is 4.80. The smallest absolute Gasteiger partial charge is 0.253 e. The van der Waals surface area contributed by atoms with Gasteiger partial charge in [-0.25, -0.2) is 9.67 Å². The lowest BCUT2D eigenvalue weighted by atomic mass is 10.1. The van der Waals surface area contributed by atoms with Crippen molar-refractivity contribution >= 4 is 16.9 Å². The number of fused-ring (bicyclic) bond motifs is 1. The van der Waals surface area contributed by atoms with Crippen LogP contribution in [0.5, 0.6) is 0 Å². The number of pyridine rings is 1. The average Bonchev–Trinajstić information content (AvgIpc) is 3.53. The van der Waals surface area contributed by atoms with Gasteiger partial charge in [-0.2, -0.15) is 5.10 Å². The molecule has 2 atom stereocenters. The summed E-state index contributed by atoms with van der Waals surface area (Å²) in [6, 6.07) is 12.6. The molecule has 30 heavy (non-hydrogen) atoms. The molecule has 2 fully saturated rings. The molecule has 0 spiro atoms. The van der Waals surface area contributed by atoms with Gasteiger partial charge in [0.1, 0.15) is 0 Å². The summed E-state index contributed by atoms with van der Waals surface area (Å²) in [4.78, 5) is 17.5. The van der Waals surface area contributed by atoms with E-state index in [0.717, 1.165) is 48.7 Å². The van der Waals surface area contributed by atoms with Crippen LogP contribution in [0.3, 0.4) is 0 Å². The molecule has 2 aliphatic rings. The molecule has 0 bridgehead atoms. The minimum Gasteiger partial charge on any atom is -0.371 e. The molecule has 0 radical (unpaired) electrons. The third-order valence-electron chi connectivity index (χ3n) is 6.44. The van der Waals surface area contributed by atoms with Crippen molar-refractivity contribution in [2.45, 2.75) is 69.7 Å². The van der Waals surface area contributed by atoms with Crippen LogP contribution in [-0.2, 0) is 11.3 Å². The van der Waals surface area contributed by atoms with E-state index in [4.69, 9.17) is 4.74 Å². The molecule has 1 amide bonds. The zero-order valence-electron chi connectivity index (χ0n) is 17.2. The van der Waals surface area contributed by atoms with Crippen molar-refractivity contribution in [3.8, 4) is 0 Å². The van der Waals surface area contributed by atoms with Crippen molar-refractivity contribution in [1.82, 2.24) is 20.1 Å². The van der Waals surface area contributed by atoms with Gasteiger partial charge in [0.2, 0.25) is 0 Å². The largest absolute Gasteiger partial charge is 0.371 e. The monoisotopic (exact) mass is 404 g/mol. The highest BCUT2D eigenvalue weighted by Gasteiger charge is 2.30. The first-order valence-electron chi connectivity index (χ1n) is 11.1. The standard InChI is InChI=1S/C24H28N4O2/c29-24(27-21-11-6-12-22(21)30-16-17-7-2-1-3-8-17)19-13-18-15-26-28(23(18)25-14-19)20-9-4-5-10-20/h1-3,7-8,13-15,20-22H,4-6,9-12,16H2,(H,27,29)/t21-,22-/m1/s1. The Bertz CT molecular complexity index is 1010. The topological polar surface area (TPSA) is 69.0 Å². The molecule has 1 aromatic carbocycles. The van der Waals surface area contributed by atoms with Crippen LogP contribution < -0.4 is 5.32 Å². The van der Waals surface area contributed by atoms with Gasteiger partial charge in [0.05, 0.1) is 36.6 Å². The molecule has 156 valence electrons. The number of ether oxygens (including phenoxy) is 1. The van der Waals surface area contributed by atoms with Crippen LogP contribution in [0.1, 0.15) is 66.9 Å². The Morgan fingerprint density at radius 2 is 1.90 bits per heavy atom. The van der Waals surface area contributed by atoms with E-state index in [1.54, 1.807) is 6.20 Å². The number of amides is 1. The highest BCUT2D eigenvalue weighted by Crippen LogP contribution is 2.31. The first-order valence-corrected chi connectivity index (χ1v) is 11.1. The highest BCUT2D eigenvalue weighted by molar-refractivity contribution is 5.97. The fraction of sp³-hybridized carbons (Fsp3) is 0.458. The summed E-state index contributed by atoms with van der Waals surface area (Å²) >= 11 is 0. The van der Waals surface area contributed by atoms with Crippen LogP contribution in [0, 0.1) is 0 Å².